The van der Waals surface area contributed by atoms with E-state index >= 15 is 0 Å². The van der Waals surface area contributed by atoms with Crippen LogP contribution in [0, 0.1) is 5.82 Å². The van der Waals surface area contributed by atoms with E-state index in [0.717, 1.165) is 38.2 Å². The van der Waals surface area contributed by atoms with Crippen molar-refractivity contribution in [2.24, 2.45) is 0 Å². The number of nitrogens with zero attached hydrogens (tertiary/aromatic N) is 2. The number of hydrogen-bond acceptors (Lipinski definition) is 4. The van der Waals surface area contributed by atoms with Crippen LogP contribution in [0.5, 0.6) is 0 Å². The number of rotatable bonds is 6. The fourth-order valence-electron chi connectivity index (χ4n) is 3.06. The van der Waals surface area contributed by atoms with Crippen LogP contribution in [0.4, 0.5) is 4.39 Å². The second kappa shape index (κ2) is 9.80. The maximum absolute atomic E-state index is 12.9. The highest BCUT2D eigenvalue weighted by Crippen LogP contribution is 2.05. The minimum Gasteiger partial charge on any atom is -0.351 e. The van der Waals surface area contributed by atoms with Gasteiger partial charge in [0.25, 0.3) is 0 Å². The second-order valence-electron chi connectivity index (χ2n) is 8.11. The highest BCUT2D eigenvalue weighted by atomic mass is 19.1. The number of benzene rings is 1. The van der Waals surface area contributed by atoms with Crippen molar-refractivity contribution >= 4 is 11.8 Å². The quantitative estimate of drug-likeness (QED) is 0.785. The van der Waals surface area contributed by atoms with Crippen LogP contribution < -0.4 is 10.6 Å². The van der Waals surface area contributed by atoms with Crippen molar-refractivity contribution in [2.75, 3.05) is 39.3 Å². The van der Waals surface area contributed by atoms with Gasteiger partial charge in [-0.15, -0.1) is 0 Å². The summed E-state index contributed by atoms with van der Waals surface area (Å²) in [6.45, 7) is 10.2. The minimum atomic E-state index is -0.282. The van der Waals surface area contributed by atoms with E-state index in [4.69, 9.17) is 0 Å². The molecule has 0 bridgehead atoms. The molecule has 0 aliphatic carbocycles. The van der Waals surface area contributed by atoms with Crippen LogP contribution in [0.1, 0.15) is 32.8 Å². The molecule has 0 unspecified atom stereocenters. The zero-order chi connectivity index (χ0) is 19.9. The van der Waals surface area contributed by atoms with E-state index in [0.29, 0.717) is 19.6 Å². The summed E-state index contributed by atoms with van der Waals surface area (Å²) in [6, 6.07) is 6.12. The van der Waals surface area contributed by atoms with Crippen molar-refractivity contribution in [3.8, 4) is 0 Å². The van der Waals surface area contributed by atoms with Crippen LogP contribution in [-0.4, -0.2) is 66.4 Å². The van der Waals surface area contributed by atoms with E-state index in [2.05, 4.69) is 20.4 Å². The van der Waals surface area contributed by atoms with Crippen LogP contribution in [-0.2, 0) is 16.1 Å². The lowest BCUT2D eigenvalue weighted by molar-refractivity contribution is -0.124. The van der Waals surface area contributed by atoms with E-state index < -0.39 is 0 Å². The summed E-state index contributed by atoms with van der Waals surface area (Å²) in [7, 11) is 0. The Bertz CT molecular complexity index is 628. The molecule has 0 radical (unpaired) electrons. The molecule has 1 heterocycles. The van der Waals surface area contributed by atoms with Crippen LogP contribution in [0.15, 0.2) is 24.3 Å². The Labute approximate surface area is 161 Å². The van der Waals surface area contributed by atoms with Gasteiger partial charge >= 0.3 is 0 Å². The van der Waals surface area contributed by atoms with Crippen molar-refractivity contribution in [3.05, 3.63) is 35.6 Å². The van der Waals surface area contributed by atoms with Crippen molar-refractivity contribution in [3.63, 3.8) is 0 Å². The van der Waals surface area contributed by atoms with Crippen molar-refractivity contribution < 1.29 is 14.0 Å². The summed E-state index contributed by atoms with van der Waals surface area (Å²) in [5, 5.41) is 5.86. The zero-order valence-electron chi connectivity index (χ0n) is 16.6. The van der Waals surface area contributed by atoms with Crippen LogP contribution in [0.2, 0.25) is 0 Å². The molecule has 0 saturated carbocycles. The molecule has 0 atom stereocenters. The van der Waals surface area contributed by atoms with Gasteiger partial charge in [-0.25, -0.2) is 4.39 Å². The molecule has 2 amide bonds. The summed E-state index contributed by atoms with van der Waals surface area (Å²) < 4.78 is 12.9. The first-order valence-corrected chi connectivity index (χ1v) is 9.48. The fourth-order valence-corrected chi connectivity index (χ4v) is 3.06. The molecule has 27 heavy (non-hydrogen) atoms. The first kappa shape index (κ1) is 21.3. The molecule has 150 valence electrons. The van der Waals surface area contributed by atoms with Gasteiger partial charge in [-0.1, -0.05) is 12.1 Å². The Balaban J connectivity index is 1.71. The zero-order valence-corrected chi connectivity index (χ0v) is 16.6. The molecule has 0 spiro atoms. The largest absolute Gasteiger partial charge is 0.351 e. The maximum atomic E-state index is 12.9. The van der Waals surface area contributed by atoms with Crippen molar-refractivity contribution in [1.82, 2.24) is 20.4 Å². The van der Waals surface area contributed by atoms with E-state index in [1.165, 1.54) is 12.1 Å². The average molecular weight is 378 g/mol. The fraction of sp³-hybridized carbons (Fsp3) is 0.600. The molecule has 1 saturated heterocycles. The SMILES string of the molecule is CC(C)(C)NC(=O)CN1CCCN(CC(=O)NCc2ccc(F)cc2)CC1. The number of carbonyl (C=O) groups is 2. The van der Waals surface area contributed by atoms with Gasteiger partial charge in [0.1, 0.15) is 5.82 Å². The Hall–Kier alpha value is -1.99. The molecule has 1 aromatic rings. The lowest BCUT2D eigenvalue weighted by Crippen LogP contribution is -2.46. The standard InChI is InChI=1S/C20H31FN4O2/c1-20(2,3)23-19(27)15-25-10-4-9-24(11-12-25)14-18(26)22-13-16-5-7-17(21)8-6-16/h5-8H,4,9-15H2,1-3H3,(H,22,26)(H,23,27). The Morgan fingerprint density at radius 2 is 1.52 bits per heavy atom. The van der Waals surface area contributed by atoms with E-state index in [1.807, 2.05) is 20.8 Å². The smallest absolute Gasteiger partial charge is 0.234 e. The highest BCUT2D eigenvalue weighted by molar-refractivity contribution is 5.79. The average Bonchev–Trinajstić information content (AvgIpc) is 2.78. The lowest BCUT2D eigenvalue weighted by Gasteiger charge is -2.25. The second-order valence-corrected chi connectivity index (χ2v) is 8.11. The van der Waals surface area contributed by atoms with Crippen LogP contribution in [0.25, 0.3) is 0 Å². The van der Waals surface area contributed by atoms with Gasteiger partial charge in [-0.2, -0.15) is 0 Å². The predicted molar refractivity (Wildman–Crippen MR) is 104 cm³/mol. The van der Waals surface area contributed by atoms with E-state index in [-0.39, 0.29) is 23.2 Å². The highest BCUT2D eigenvalue weighted by Gasteiger charge is 2.20. The number of nitrogens with one attached hydrogen (secondary N) is 2. The Morgan fingerprint density at radius 3 is 2.07 bits per heavy atom. The summed E-state index contributed by atoms with van der Waals surface area (Å²) in [5.41, 5.74) is 0.647. The Kier molecular flexibility index (Phi) is 7.74. The summed E-state index contributed by atoms with van der Waals surface area (Å²) in [5.74, 6) is -0.290. The van der Waals surface area contributed by atoms with E-state index in [1.54, 1.807) is 12.1 Å². The Morgan fingerprint density at radius 1 is 0.963 bits per heavy atom. The van der Waals surface area contributed by atoms with Gasteiger partial charge in [0, 0.05) is 25.2 Å². The van der Waals surface area contributed by atoms with Crippen molar-refractivity contribution in [1.29, 1.82) is 0 Å². The third kappa shape index (κ3) is 8.49. The van der Waals surface area contributed by atoms with Gasteiger partial charge in [-0.3, -0.25) is 19.4 Å². The lowest BCUT2D eigenvalue weighted by atomic mass is 10.1. The van der Waals surface area contributed by atoms with Crippen LogP contribution >= 0.6 is 0 Å². The van der Waals surface area contributed by atoms with Gasteiger partial charge < -0.3 is 10.6 Å². The molecule has 1 fully saturated rings. The molecule has 2 N–H and O–H groups in total. The third-order valence-corrected chi connectivity index (χ3v) is 4.33. The molecule has 1 aliphatic heterocycles. The molecule has 0 aromatic heterocycles. The summed E-state index contributed by atoms with van der Waals surface area (Å²) in [4.78, 5) is 28.5. The molecule has 7 heteroatoms. The molecular formula is C20H31FN4O2. The van der Waals surface area contributed by atoms with Crippen LogP contribution in [0.3, 0.4) is 0 Å². The third-order valence-electron chi connectivity index (χ3n) is 4.33. The maximum Gasteiger partial charge on any atom is 0.234 e. The number of halogens is 1. The minimum absolute atomic E-state index is 0.0352. The van der Waals surface area contributed by atoms with Gasteiger partial charge in [-0.05, 0) is 58.0 Å². The number of amides is 2. The van der Waals surface area contributed by atoms with Crippen molar-refractivity contribution in [2.45, 2.75) is 39.3 Å². The topological polar surface area (TPSA) is 64.7 Å². The van der Waals surface area contributed by atoms with Gasteiger partial charge in [0.2, 0.25) is 11.8 Å². The van der Waals surface area contributed by atoms with Gasteiger partial charge in [0.05, 0.1) is 13.1 Å². The molecule has 6 nitrogen and oxygen atoms in total. The number of hydrogen-bond donors (Lipinski definition) is 2. The van der Waals surface area contributed by atoms with E-state index in [9.17, 15) is 14.0 Å². The monoisotopic (exact) mass is 378 g/mol. The molecule has 1 aromatic carbocycles. The normalized spacial score (nSPS) is 16.6. The summed E-state index contributed by atoms with van der Waals surface area (Å²) >= 11 is 0. The first-order chi connectivity index (χ1) is 12.7. The molecule has 2 rings (SSSR count). The van der Waals surface area contributed by atoms with Gasteiger partial charge in [0.15, 0.2) is 0 Å². The summed E-state index contributed by atoms with van der Waals surface area (Å²) in [6.07, 6.45) is 0.925. The first-order valence-electron chi connectivity index (χ1n) is 9.48. The molecular weight excluding hydrogens is 347 g/mol. The molecule has 1 aliphatic rings. The predicted octanol–water partition coefficient (Wildman–Crippen LogP) is 1.36. The number of carbonyl (C=O) groups excluding carboxylic acids is 2.